The lowest BCUT2D eigenvalue weighted by molar-refractivity contribution is 0.798. The van der Waals surface area contributed by atoms with Crippen LogP contribution < -0.4 is 15.5 Å². The first kappa shape index (κ1) is 18.7. The largest absolute Gasteiger partial charge is 0.357 e. The Morgan fingerprint density at radius 2 is 1.88 bits per heavy atom. The van der Waals surface area contributed by atoms with E-state index in [1.165, 1.54) is 0 Å². The lowest BCUT2D eigenvalue weighted by Crippen LogP contribution is -2.37. The molecule has 2 N–H and O–H groups in total. The third-order valence-corrected chi connectivity index (χ3v) is 3.82. The van der Waals surface area contributed by atoms with Gasteiger partial charge in [0, 0.05) is 32.0 Å². The average molecular weight is 340 g/mol. The molecule has 0 radical (unpaired) electrons. The van der Waals surface area contributed by atoms with Gasteiger partial charge in [-0.3, -0.25) is 4.98 Å². The zero-order valence-electron chi connectivity index (χ0n) is 15.4. The van der Waals surface area contributed by atoms with E-state index < -0.39 is 0 Å². The summed E-state index contributed by atoms with van der Waals surface area (Å²) in [6.45, 7) is 10.3. The standard InChI is InChI=1S/C19H28N6/c1-4-20-19(24-15-17-9-7-8-12-21-17)23-14-16-10-11-18(22-13-16)25(5-2)6-3/h7-13H,4-6,14-15H2,1-3H3,(H2,20,23,24). The Morgan fingerprint density at radius 1 is 1.04 bits per heavy atom. The van der Waals surface area contributed by atoms with Gasteiger partial charge in [-0.2, -0.15) is 0 Å². The number of guanidine groups is 1. The van der Waals surface area contributed by atoms with Crippen LogP contribution in [0, 0.1) is 0 Å². The van der Waals surface area contributed by atoms with E-state index in [1.54, 1.807) is 6.20 Å². The van der Waals surface area contributed by atoms with Crippen molar-refractivity contribution in [2.45, 2.75) is 33.9 Å². The highest BCUT2D eigenvalue weighted by atomic mass is 15.2. The first-order chi connectivity index (χ1) is 12.3. The summed E-state index contributed by atoms with van der Waals surface area (Å²) in [6.07, 6.45) is 3.70. The molecule has 134 valence electrons. The van der Waals surface area contributed by atoms with Crippen molar-refractivity contribution in [3.8, 4) is 0 Å². The van der Waals surface area contributed by atoms with Crippen molar-refractivity contribution in [3.05, 3.63) is 54.0 Å². The number of hydrogen-bond acceptors (Lipinski definition) is 4. The van der Waals surface area contributed by atoms with E-state index in [4.69, 9.17) is 0 Å². The highest BCUT2D eigenvalue weighted by molar-refractivity contribution is 5.79. The first-order valence-electron chi connectivity index (χ1n) is 8.88. The Hall–Kier alpha value is -2.63. The minimum atomic E-state index is 0.586. The van der Waals surface area contributed by atoms with Gasteiger partial charge in [-0.05, 0) is 44.5 Å². The zero-order chi connectivity index (χ0) is 17.9. The maximum absolute atomic E-state index is 4.63. The third kappa shape index (κ3) is 6.06. The van der Waals surface area contributed by atoms with Crippen molar-refractivity contribution >= 4 is 11.8 Å². The second-order valence-corrected chi connectivity index (χ2v) is 5.57. The number of aromatic nitrogens is 2. The molecule has 2 aromatic rings. The zero-order valence-corrected chi connectivity index (χ0v) is 15.4. The van der Waals surface area contributed by atoms with Crippen molar-refractivity contribution < 1.29 is 0 Å². The summed E-state index contributed by atoms with van der Waals surface area (Å²) in [6, 6.07) is 10.0. The molecule has 0 fully saturated rings. The smallest absolute Gasteiger partial charge is 0.191 e. The molecule has 0 unspecified atom stereocenters. The molecule has 0 aliphatic rings. The van der Waals surface area contributed by atoms with Crippen LogP contribution in [0.15, 0.2) is 47.7 Å². The van der Waals surface area contributed by atoms with Gasteiger partial charge < -0.3 is 15.5 Å². The van der Waals surface area contributed by atoms with Crippen LogP contribution in [0.3, 0.4) is 0 Å². The molecule has 6 nitrogen and oxygen atoms in total. The van der Waals surface area contributed by atoms with Crippen molar-refractivity contribution in [2.24, 2.45) is 4.99 Å². The van der Waals surface area contributed by atoms with Gasteiger partial charge in [-0.15, -0.1) is 0 Å². The highest BCUT2D eigenvalue weighted by Crippen LogP contribution is 2.11. The predicted molar refractivity (Wildman–Crippen MR) is 104 cm³/mol. The quantitative estimate of drug-likeness (QED) is 0.571. The van der Waals surface area contributed by atoms with Gasteiger partial charge in [0.1, 0.15) is 5.82 Å². The minimum absolute atomic E-state index is 0.586. The van der Waals surface area contributed by atoms with Gasteiger partial charge in [0.05, 0.1) is 18.8 Å². The molecule has 0 aromatic carbocycles. The summed E-state index contributed by atoms with van der Waals surface area (Å²) < 4.78 is 0. The van der Waals surface area contributed by atoms with Gasteiger partial charge in [0.2, 0.25) is 0 Å². The third-order valence-electron chi connectivity index (χ3n) is 3.82. The number of nitrogens with zero attached hydrogens (tertiary/aromatic N) is 4. The van der Waals surface area contributed by atoms with Gasteiger partial charge in [-0.1, -0.05) is 12.1 Å². The molecule has 0 spiro atoms. The molecule has 0 bridgehead atoms. The first-order valence-corrected chi connectivity index (χ1v) is 8.88. The highest BCUT2D eigenvalue weighted by Gasteiger charge is 2.03. The maximum Gasteiger partial charge on any atom is 0.191 e. The number of hydrogen-bond donors (Lipinski definition) is 2. The Bertz CT molecular complexity index is 635. The normalized spacial score (nSPS) is 11.2. The van der Waals surface area contributed by atoms with Crippen LogP contribution in [0.2, 0.25) is 0 Å². The average Bonchev–Trinajstić information content (AvgIpc) is 2.67. The van der Waals surface area contributed by atoms with Gasteiger partial charge in [-0.25, -0.2) is 9.98 Å². The summed E-state index contributed by atoms with van der Waals surface area (Å²) in [5.74, 6) is 1.79. The number of anilines is 1. The summed E-state index contributed by atoms with van der Waals surface area (Å²) in [5.41, 5.74) is 2.07. The fraction of sp³-hybridized carbons (Fsp3) is 0.421. The van der Waals surface area contributed by atoms with Crippen LogP contribution in [0.4, 0.5) is 5.82 Å². The van der Waals surface area contributed by atoms with Crippen LogP contribution in [0.1, 0.15) is 32.0 Å². The van der Waals surface area contributed by atoms with E-state index >= 15 is 0 Å². The van der Waals surface area contributed by atoms with Gasteiger partial charge >= 0.3 is 0 Å². The molecule has 25 heavy (non-hydrogen) atoms. The molecule has 2 rings (SSSR count). The fourth-order valence-electron chi connectivity index (χ4n) is 2.43. The monoisotopic (exact) mass is 340 g/mol. The molecule has 2 aromatic heterocycles. The maximum atomic E-state index is 4.63. The van der Waals surface area contributed by atoms with Crippen LogP contribution in [0.25, 0.3) is 0 Å². The van der Waals surface area contributed by atoms with E-state index in [0.717, 1.165) is 42.7 Å². The van der Waals surface area contributed by atoms with Crippen molar-refractivity contribution in [1.82, 2.24) is 20.6 Å². The molecule has 0 atom stereocenters. The van der Waals surface area contributed by atoms with Crippen molar-refractivity contribution in [2.75, 3.05) is 24.5 Å². The van der Waals surface area contributed by atoms with Crippen molar-refractivity contribution in [1.29, 1.82) is 0 Å². The Kier molecular flexibility index (Phi) is 7.69. The molecule has 6 heteroatoms. The van der Waals surface area contributed by atoms with E-state index in [9.17, 15) is 0 Å². The number of aliphatic imine (C=N–C) groups is 1. The second kappa shape index (κ2) is 10.3. The van der Waals surface area contributed by atoms with Crippen LogP contribution >= 0.6 is 0 Å². The van der Waals surface area contributed by atoms with E-state index in [-0.39, 0.29) is 0 Å². The summed E-state index contributed by atoms with van der Waals surface area (Å²) >= 11 is 0. The van der Waals surface area contributed by atoms with Gasteiger partial charge in [0.15, 0.2) is 5.96 Å². The number of rotatable bonds is 8. The molecule has 0 aliphatic carbocycles. The van der Waals surface area contributed by atoms with Crippen LogP contribution in [0.5, 0.6) is 0 Å². The SMILES string of the molecule is CCNC(=NCc1ccc(N(CC)CC)nc1)NCc1ccccn1. The molecule has 0 saturated heterocycles. The topological polar surface area (TPSA) is 65.4 Å². The Morgan fingerprint density at radius 3 is 2.48 bits per heavy atom. The van der Waals surface area contributed by atoms with Crippen LogP contribution in [-0.4, -0.2) is 35.6 Å². The molecule has 0 amide bonds. The second-order valence-electron chi connectivity index (χ2n) is 5.57. The van der Waals surface area contributed by atoms with E-state index in [2.05, 4.69) is 63.4 Å². The van der Waals surface area contributed by atoms with E-state index in [0.29, 0.717) is 13.1 Å². The summed E-state index contributed by atoms with van der Waals surface area (Å²) in [5, 5.41) is 6.56. The lowest BCUT2D eigenvalue weighted by atomic mass is 10.3. The van der Waals surface area contributed by atoms with Crippen LogP contribution in [-0.2, 0) is 13.1 Å². The van der Waals surface area contributed by atoms with E-state index in [1.807, 2.05) is 24.4 Å². The predicted octanol–water partition coefficient (Wildman–Crippen LogP) is 2.58. The van der Waals surface area contributed by atoms with Gasteiger partial charge in [0.25, 0.3) is 0 Å². The lowest BCUT2D eigenvalue weighted by Gasteiger charge is -2.19. The molecular formula is C19H28N6. The Labute approximate surface area is 150 Å². The van der Waals surface area contributed by atoms with Crippen molar-refractivity contribution in [3.63, 3.8) is 0 Å². The summed E-state index contributed by atoms with van der Waals surface area (Å²) in [4.78, 5) is 15.7. The Balaban J connectivity index is 1.95. The number of pyridine rings is 2. The molecule has 2 heterocycles. The minimum Gasteiger partial charge on any atom is -0.357 e. The molecular weight excluding hydrogens is 312 g/mol. The fourth-order valence-corrected chi connectivity index (χ4v) is 2.43. The number of nitrogens with one attached hydrogen (secondary N) is 2. The summed E-state index contributed by atoms with van der Waals surface area (Å²) in [7, 11) is 0. The molecule has 0 saturated carbocycles. The molecule has 0 aliphatic heterocycles.